The van der Waals surface area contributed by atoms with E-state index < -0.39 is 0 Å². The van der Waals surface area contributed by atoms with Gasteiger partial charge in [0.1, 0.15) is 0 Å². The van der Waals surface area contributed by atoms with E-state index in [0.717, 1.165) is 24.2 Å². The standard InChI is InChI=1S/C15H15N5O/c1-3-12-13(4-2)19-20-15(17-12)18-14(21)11-7-5-10(9-16)6-8-11/h5-8H,3-4H2,1-2H3,(H,17,18,20,21). The van der Waals surface area contributed by atoms with Crippen molar-refractivity contribution in [2.75, 3.05) is 5.32 Å². The summed E-state index contributed by atoms with van der Waals surface area (Å²) in [6, 6.07) is 8.35. The molecule has 0 aliphatic heterocycles. The lowest BCUT2D eigenvalue weighted by Gasteiger charge is -2.07. The van der Waals surface area contributed by atoms with Gasteiger partial charge in [-0.2, -0.15) is 5.26 Å². The summed E-state index contributed by atoms with van der Waals surface area (Å²) >= 11 is 0. The van der Waals surface area contributed by atoms with Crippen LogP contribution >= 0.6 is 0 Å². The summed E-state index contributed by atoms with van der Waals surface area (Å²) in [6.45, 7) is 3.97. The van der Waals surface area contributed by atoms with Crippen LogP contribution in [0.25, 0.3) is 0 Å². The molecular weight excluding hydrogens is 266 g/mol. The first-order chi connectivity index (χ1) is 10.2. The van der Waals surface area contributed by atoms with Crippen LogP contribution in [0.2, 0.25) is 0 Å². The number of carbonyl (C=O) groups excluding carboxylic acids is 1. The minimum absolute atomic E-state index is 0.193. The molecule has 0 radical (unpaired) electrons. The molecule has 0 bridgehead atoms. The van der Waals surface area contributed by atoms with Crippen molar-refractivity contribution < 1.29 is 4.79 Å². The maximum absolute atomic E-state index is 12.1. The van der Waals surface area contributed by atoms with Crippen LogP contribution in [0.5, 0.6) is 0 Å². The third-order valence-corrected chi connectivity index (χ3v) is 3.01. The summed E-state index contributed by atoms with van der Waals surface area (Å²) in [5, 5.41) is 19.3. The van der Waals surface area contributed by atoms with E-state index in [9.17, 15) is 4.79 Å². The zero-order chi connectivity index (χ0) is 15.2. The van der Waals surface area contributed by atoms with E-state index in [4.69, 9.17) is 5.26 Å². The second-order valence-corrected chi connectivity index (χ2v) is 4.38. The van der Waals surface area contributed by atoms with Crippen molar-refractivity contribution in [3.63, 3.8) is 0 Å². The smallest absolute Gasteiger partial charge is 0.258 e. The number of rotatable bonds is 4. The number of benzene rings is 1. The van der Waals surface area contributed by atoms with Gasteiger partial charge in [-0.25, -0.2) is 4.98 Å². The average molecular weight is 281 g/mol. The lowest BCUT2D eigenvalue weighted by molar-refractivity contribution is 0.102. The number of carbonyl (C=O) groups is 1. The third-order valence-electron chi connectivity index (χ3n) is 3.01. The third kappa shape index (κ3) is 3.39. The molecule has 1 aromatic carbocycles. The van der Waals surface area contributed by atoms with Crippen molar-refractivity contribution in [1.29, 1.82) is 5.26 Å². The minimum atomic E-state index is -0.326. The Hall–Kier alpha value is -2.81. The van der Waals surface area contributed by atoms with Crippen LogP contribution in [0.3, 0.4) is 0 Å². The van der Waals surface area contributed by atoms with Crippen LogP contribution < -0.4 is 5.32 Å². The first-order valence-electron chi connectivity index (χ1n) is 6.71. The average Bonchev–Trinajstić information content (AvgIpc) is 2.54. The molecule has 0 fully saturated rings. The van der Waals surface area contributed by atoms with E-state index in [0.29, 0.717) is 11.1 Å². The summed E-state index contributed by atoms with van der Waals surface area (Å²) in [6.07, 6.45) is 1.49. The van der Waals surface area contributed by atoms with Crippen LogP contribution in [-0.2, 0) is 12.8 Å². The second kappa shape index (κ2) is 6.57. The Morgan fingerprint density at radius 1 is 1.14 bits per heavy atom. The van der Waals surface area contributed by atoms with Gasteiger partial charge in [0.15, 0.2) is 0 Å². The van der Waals surface area contributed by atoms with Crippen molar-refractivity contribution in [3.05, 3.63) is 46.8 Å². The highest BCUT2D eigenvalue weighted by Gasteiger charge is 2.10. The Labute approximate surface area is 122 Å². The minimum Gasteiger partial charge on any atom is -0.289 e. The predicted octanol–water partition coefficient (Wildman–Crippen LogP) is 2.12. The molecule has 1 amide bonds. The summed E-state index contributed by atoms with van der Waals surface area (Å²) < 4.78 is 0. The predicted molar refractivity (Wildman–Crippen MR) is 77.7 cm³/mol. The molecule has 106 valence electrons. The number of anilines is 1. The van der Waals surface area contributed by atoms with Gasteiger partial charge in [-0.3, -0.25) is 10.1 Å². The van der Waals surface area contributed by atoms with Crippen LogP contribution in [0.1, 0.15) is 41.2 Å². The lowest BCUT2D eigenvalue weighted by atomic mass is 10.1. The Bertz CT molecular complexity index is 688. The van der Waals surface area contributed by atoms with Gasteiger partial charge < -0.3 is 0 Å². The number of hydrogen-bond donors (Lipinski definition) is 1. The maximum atomic E-state index is 12.1. The molecule has 0 saturated carbocycles. The Balaban J connectivity index is 2.17. The summed E-state index contributed by atoms with van der Waals surface area (Å²) in [4.78, 5) is 16.4. The second-order valence-electron chi connectivity index (χ2n) is 4.38. The normalized spacial score (nSPS) is 9.95. The van der Waals surface area contributed by atoms with Crippen molar-refractivity contribution >= 4 is 11.9 Å². The molecule has 6 heteroatoms. The van der Waals surface area contributed by atoms with Gasteiger partial charge >= 0.3 is 0 Å². The van der Waals surface area contributed by atoms with Gasteiger partial charge in [-0.1, -0.05) is 13.8 Å². The van der Waals surface area contributed by atoms with Crippen LogP contribution in [0.15, 0.2) is 24.3 Å². The van der Waals surface area contributed by atoms with E-state index in [1.54, 1.807) is 24.3 Å². The van der Waals surface area contributed by atoms with Crippen LogP contribution in [-0.4, -0.2) is 21.1 Å². The summed E-state index contributed by atoms with van der Waals surface area (Å²) in [7, 11) is 0. The molecule has 1 heterocycles. The molecule has 0 saturated heterocycles. The molecule has 0 unspecified atom stereocenters. The van der Waals surface area contributed by atoms with Crippen molar-refractivity contribution in [2.24, 2.45) is 0 Å². The lowest BCUT2D eigenvalue weighted by Crippen LogP contribution is -2.16. The highest BCUT2D eigenvalue weighted by Crippen LogP contribution is 2.09. The number of amides is 1. The van der Waals surface area contributed by atoms with E-state index in [2.05, 4.69) is 20.5 Å². The van der Waals surface area contributed by atoms with E-state index in [-0.39, 0.29) is 11.9 Å². The SMILES string of the molecule is CCc1nnc(NC(=O)c2ccc(C#N)cc2)nc1CC. The van der Waals surface area contributed by atoms with Gasteiger partial charge in [0.25, 0.3) is 5.91 Å². The Morgan fingerprint density at radius 3 is 2.38 bits per heavy atom. The van der Waals surface area contributed by atoms with Crippen LogP contribution in [0.4, 0.5) is 5.95 Å². The van der Waals surface area contributed by atoms with Crippen molar-refractivity contribution in [1.82, 2.24) is 15.2 Å². The van der Waals surface area contributed by atoms with Gasteiger partial charge in [-0.05, 0) is 37.1 Å². The summed E-state index contributed by atoms with van der Waals surface area (Å²) in [5.74, 6) is -0.133. The quantitative estimate of drug-likeness (QED) is 0.926. The van der Waals surface area contributed by atoms with Crippen LogP contribution in [0, 0.1) is 11.3 Å². The van der Waals surface area contributed by atoms with Gasteiger partial charge in [0, 0.05) is 5.56 Å². The number of nitrogens with zero attached hydrogens (tertiary/aromatic N) is 4. The molecule has 2 aromatic rings. The monoisotopic (exact) mass is 281 g/mol. The Morgan fingerprint density at radius 2 is 1.81 bits per heavy atom. The molecule has 0 atom stereocenters. The molecule has 2 rings (SSSR count). The molecule has 21 heavy (non-hydrogen) atoms. The number of aryl methyl sites for hydroxylation is 2. The number of nitrogens with one attached hydrogen (secondary N) is 1. The maximum Gasteiger partial charge on any atom is 0.258 e. The molecule has 0 spiro atoms. The zero-order valence-corrected chi connectivity index (χ0v) is 11.9. The van der Waals surface area contributed by atoms with Gasteiger partial charge in [0.2, 0.25) is 5.95 Å². The molecular formula is C15H15N5O. The van der Waals surface area contributed by atoms with E-state index >= 15 is 0 Å². The molecule has 1 aromatic heterocycles. The zero-order valence-electron chi connectivity index (χ0n) is 11.9. The molecule has 1 N–H and O–H groups in total. The van der Waals surface area contributed by atoms with E-state index in [1.165, 1.54) is 0 Å². The fraction of sp³-hybridized carbons (Fsp3) is 0.267. The topological polar surface area (TPSA) is 91.6 Å². The fourth-order valence-corrected chi connectivity index (χ4v) is 1.86. The first kappa shape index (κ1) is 14.6. The highest BCUT2D eigenvalue weighted by atomic mass is 16.1. The number of nitriles is 1. The highest BCUT2D eigenvalue weighted by molar-refractivity contribution is 6.03. The van der Waals surface area contributed by atoms with Crippen molar-refractivity contribution in [2.45, 2.75) is 26.7 Å². The van der Waals surface area contributed by atoms with Gasteiger partial charge in [-0.15, -0.1) is 10.2 Å². The number of hydrogen-bond acceptors (Lipinski definition) is 5. The summed E-state index contributed by atoms with van der Waals surface area (Å²) in [5.41, 5.74) is 2.62. The Kier molecular flexibility index (Phi) is 4.57. The molecule has 6 nitrogen and oxygen atoms in total. The molecule has 0 aliphatic rings. The first-order valence-corrected chi connectivity index (χ1v) is 6.71. The van der Waals surface area contributed by atoms with Crippen molar-refractivity contribution in [3.8, 4) is 6.07 Å². The molecule has 0 aliphatic carbocycles. The number of aromatic nitrogens is 3. The fourth-order valence-electron chi connectivity index (χ4n) is 1.86. The largest absolute Gasteiger partial charge is 0.289 e. The van der Waals surface area contributed by atoms with Gasteiger partial charge in [0.05, 0.1) is 23.0 Å². The van der Waals surface area contributed by atoms with E-state index in [1.807, 2.05) is 19.9 Å².